The predicted molar refractivity (Wildman–Crippen MR) is 74.1 cm³/mol. The second kappa shape index (κ2) is 7.03. The summed E-state index contributed by atoms with van der Waals surface area (Å²) >= 11 is 1.71. The highest BCUT2D eigenvalue weighted by molar-refractivity contribution is 7.99. The minimum atomic E-state index is -2.85. The maximum atomic E-state index is 10.9. The van der Waals surface area contributed by atoms with Crippen LogP contribution in [-0.4, -0.2) is 32.2 Å². The molecule has 0 aromatic heterocycles. The number of nitrogens with two attached hydrogens (primary N) is 1. The van der Waals surface area contributed by atoms with Crippen molar-refractivity contribution in [2.75, 3.05) is 17.8 Å². The standard InChI is InChI=1S/C12H19NO2S2/c1-17(14,15)9-5-6-11(13)10-16-12-7-3-2-4-8-12/h2-4,7-8,11H,5-6,9-10,13H2,1H3. The second-order valence-corrected chi connectivity index (χ2v) is 7.51. The zero-order valence-electron chi connectivity index (χ0n) is 10.0. The first kappa shape index (κ1) is 14.5. The summed E-state index contributed by atoms with van der Waals surface area (Å²) in [5.74, 6) is 1.06. The SMILES string of the molecule is CS(=O)(=O)CCCC(N)CSc1ccccc1. The molecule has 0 heterocycles. The van der Waals surface area contributed by atoms with Crippen LogP contribution in [0.15, 0.2) is 35.2 Å². The largest absolute Gasteiger partial charge is 0.327 e. The molecule has 17 heavy (non-hydrogen) atoms. The normalized spacial score (nSPS) is 13.5. The summed E-state index contributed by atoms with van der Waals surface area (Å²) < 4.78 is 21.9. The van der Waals surface area contributed by atoms with Gasteiger partial charge in [-0.2, -0.15) is 0 Å². The number of benzene rings is 1. The smallest absolute Gasteiger partial charge is 0.147 e. The second-order valence-electron chi connectivity index (χ2n) is 4.16. The average Bonchev–Trinajstić information content (AvgIpc) is 2.26. The molecular weight excluding hydrogens is 254 g/mol. The molecule has 0 fully saturated rings. The van der Waals surface area contributed by atoms with Crippen LogP contribution in [0.3, 0.4) is 0 Å². The van der Waals surface area contributed by atoms with Gasteiger partial charge in [0.15, 0.2) is 0 Å². The summed E-state index contributed by atoms with van der Waals surface area (Å²) in [5, 5.41) is 0. The van der Waals surface area contributed by atoms with Gasteiger partial charge in [-0.05, 0) is 25.0 Å². The summed E-state index contributed by atoms with van der Waals surface area (Å²) in [5.41, 5.74) is 5.94. The zero-order valence-corrected chi connectivity index (χ0v) is 11.6. The maximum Gasteiger partial charge on any atom is 0.147 e. The Bertz CT molecular complexity index is 417. The first-order valence-corrected chi connectivity index (χ1v) is 8.63. The molecule has 0 aliphatic carbocycles. The van der Waals surface area contributed by atoms with E-state index in [1.807, 2.05) is 30.3 Å². The number of sulfone groups is 1. The molecule has 0 spiro atoms. The molecule has 2 N–H and O–H groups in total. The monoisotopic (exact) mass is 273 g/mol. The van der Waals surface area contributed by atoms with E-state index in [0.29, 0.717) is 6.42 Å². The molecule has 1 rings (SSSR count). The summed E-state index contributed by atoms with van der Waals surface area (Å²) in [6, 6.07) is 10.1. The lowest BCUT2D eigenvalue weighted by molar-refractivity contribution is 0.591. The molecule has 0 amide bonds. The molecule has 0 saturated carbocycles. The predicted octanol–water partition coefficient (Wildman–Crippen LogP) is 1.93. The molecule has 1 aromatic rings. The molecule has 1 atom stereocenters. The Morgan fingerprint density at radius 2 is 1.94 bits per heavy atom. The van der Waals surface area contributed by atoms with E-state index in [-0.39, 0.29) is 11.8 Å². The van der Waals surface area contributed by atoms with E-state index in [0.717, 1.165) is 12.2 Å². The van der Waals surface area contributed by atoms with Gasteiger partial charge < -0.3 is 5.73 Å². The van der Waals surface area contributed by atoms with Gasteiger partial charge in [0.25, 0.3) is 0 Å². The van der Waals surface area contributed by atoms with Gasteiger partial charge in [-0.25, -0.2) is 8.42 Å². The van der Waals surface area contributed by atoms with Crippen LogP contribution in [0.5, 0.6) is 0 Å². The van der Waals surface area contributed by atoms with Crippen molar-refractivity contribution in [3.8, 4) is 0 Å². The fourth-order valence-electron chi connectivity index (χ4n) is 1.41. The van der Waals surface area contributed by atoms with Crippen LogP contribution >= 0.6 is 11.8 Å². The highest BCUT2D eigenvalue weighted by atomic mass is 32.2. The molecule has 0 bridgehead atoms. The fourth-order valence-corrected chi connectivity index (χ4v) is 3.02. The Kier molecular flexibility index (Phi) is 6.02. The first-order chi connectivity index (χ1) is 7.97. The number of hydrogen-bond donors (Lipinski definition) is 1. The minimum Gasteiger partial charge on any atom is -0.327 e. The molecule has 0 aliphatic rings. The summed E-state index contributed by atoms with van der Waals surface area (Å²) in [7, 11) is -2.85. The van der Waals surface area contributed by atoms with E-state index in [4.69, 9.17) is 5.73 Å². The Morgan fingerprint density at radius 3 is 2.53 bits per heavy atom. The third kappa shape index (κ3) is 7.41. The molecule has 5 heteroatoms. The summed E-state index contributed by atoms with van der Waals surface area (Å²) in [4.78, 5) is 1.20. The van der Waals surface area contributed by atoms with Gasteiger partial charge in [0, 0.05) is 28.7 Å². The number of thioether (sulfide) groups is 1. The minimum absolute atomic E-state index is 0.0574. The summed E-state index contributed by atoms with van der Waals surface area (Å²) in [6.45, 7) is 0. The molecule has 1 unspecified atom stereocenters. The average molecular weight is 273 g/mol. The van der Waals surface area contributed by atoms with Crippen LogP contribution in [0.1, 0.15) is 12.8 Å². The van der Waals surface area contributed by atoms with Crippen LogP contribution in [0.4, 0.5) is 0 Å². The highest BCUT2D eigenvalue weighted by Crippen LogP contribution is 2.18. The quantitative estimate of drug-likeness (QED) is 0.771. The molecule has 1 aromatic carbocycles. The number of rotatable bonds is 7. The lowest BCUT2D eigenvalue weighted by Crippen LogP contribution is -2.23. The highest BCUT2D eigenvalue weighted by Gasteiger charge is 2.06. The van der Waals surface area contributed by atoms with Crippen molar-refractivity contribution in [2.24, 2.45) is 5.73 Å². The van der Waals surface area contributed by atoms with Crippen molar-refractivity contribution in [1.82, 2.24) is 0 Å². The molecule has 0 radical (unpaired) electrons. The zero-order chi connectivity index (χ0) is 12.7. The van der Waals surface area contributed by atoms with E-state index in [1.54, 1.807) is 11.8 Å². The van der Waals surface area contributed by atoms with Crippen LogP contribution in [-0.2, 0) is 9.84 Å². The van der Waals surface area contributed by atoms with Crippen LogP contribution in [0.2, 0.25) is 0 Å². The van der Waals surface area contributed by atoms with Crippen molar-refractivity contribution in [1.29, 1.82) is 0 Å². The Labute approximate surface area is 108 Å². The fraction of sp³-hybridized carbons (Fsp3) is 0.500. The summed E-state index contributed by atoms with van der Waals surface area (Å²) in [6.07, 6.45) is 2.67. The molecular formula is C12H19NO2S2. The van der Waals surface area contributed by atoms with Crippen molar-refractivity contribution < 1.29 is 8.42 Å². The van der Waals surface area contributed by atoms with Gasteiger partial charge >= 0.3 is 0 Å². The van der Waals surface area contributed by atoms with Gasteiger partial charge in [0.05, 0.1) is 0 Å². The van der Waals surface area contributed by atoms with Gasteiger partial charge in [-0.15, -0.1) is 11.8 Å². The van der Waals surface area contributed by atoms with E-state index < -0.39 is 9.84 Å². The maximum absolute atomic E-state index is 10.9. The van der Waals surface area contributed by atoms with E-state index in [1.165, 1.54) is 11.2 Å². The van der Waals surface area contributed by atoms with Crippen molar-refractivity contribution >= 4 is 21.6 Å². The van der Waals surface area contributed by atoms with Crippen LogP contribution < -0.4 is 5.73 Å². The third-order valence-corrected chi connectivity index (χ3v) is 4.53. The van der Waals surface area contributed by atoms with Crippen LogP contribution in [0.25, 0.3) is 0 Å². The van der Waals surface area contributed by atoms with Crippen LogP contribution in [0, 0.1) is 0 Å². The van der Waals surface area contributed by atoms with Gasteiger partial charge in [-0.3, -0.25) is 0 Å². The molecule has 0 aliphatic heterocycles. The van der Waals surface area contributed by atoms with Gasteiger partial charge in [0.1, 0.15) is 9.84 Å². The van der Waals surface area contributed by atoms with Gasteiger partial charge in [0.2, 0.25) is 0 Å². The third-order valence-electron chi connectivity index (χ3n) is 2.30. The Morgan fingerprint density at radius 1 is 1.29 bits per heavy atom. The Hall–Kier alpha value is -0.520. The lowest BCUT2D eigenvalue weighted by Gasteiger charge is -2.10. The number of hydrogen-bond acceptors (Lipinski definition) is 4. The van der Waals surface area contributed by atoms with Crippen molar-refractivity contribution in [3.05, 3.63) is 30.3 Å². The Balaban J connectivity index is 2.20. The lowest BCUT2D eigenvalue weighted by atomic mass is 10.2. The van der Waals surface area contributed by atoms with E-state index >= 15 is 0 Å². The van der Waals surface area contributed by atoms with Crippen molar-refractivity contribution in [3.63, 3.8) is 0 Å². The molecule has 96 valence electrons. The molecule has 3 nitrogen and oxygen atoms in total. The molecule has 0 saturated heterocycles. The van der Waals surface area contributed by atoms with E-state index in [9.17, 15) is 8.42 Å². The van der Waals surface area contributed by atoms with E-state index in [2.05, 4.69) is 0 Å². The topological polar surface area (TPSA) is 60.2 Å². The first-order valence-electron chi connectivity index (χ1n) is 5.58. The van der Waals surface area contributed by atoms with Gasteiger partial charge in [-0.1, -0.05) is 18.2 Å². The van der Waals surface area contributed by atoms with Crippen molar-refractivity contribution in [2.45, 2.75) is 23.8 Å².